The van der Waals surface area contributed by atoms with E-state index in [0.717, 1.165) is 0 Å². The summed E-state index contributed by atoms with van der Waals surface area (Å²) in [5.74, 6) is -0.203. The molecule has 0 unspecified atom stereocenters. The van der Waals surface area contributed by atoms with Crippen molar-refractivity contribution in [2.45, 2.75) is 11.8 Å². The summed E-state index contributed by atoms with van der Waals surface area (Å²) in [5, 5.41) is 0. The Kier molecular flexibility index (Phi) is 7.21. The fraction of sp³-hybridized carbons (Fsp3) is 0.273. The van der Waals surface area contributed by atoms with E-state index in [4.69, 9.17) is 14.2 Å². The van der Waals surface area contributed by atoms with E-state index in [1.54, 1.807) is 24.3 Å². The largest absolute Gasteiger partial charge is 0.495 e. The van der Waals surface area contributed by atoms with Gasteiger partial charge in [0.05, 0.1) is 20.3 Å². The molecule has 1 aliphatic heterocycles. The van der Waals surface area contributed by atoms with Gasteiger partial charge < -0.3 is 14.2 Å². The number of nitrogens with zero attached hydrogens (tertiary/aromatic N) is 1. The van der Waals surface area contributed by atoms with Crippen molar-refractivity contribution in [2.24, 2.45) is 0 Å². The van der Waals surface area contributed by atoms with E-state index in [1.165, 1.54) is 48.7 Å². The zero-order valence-electron chi connectivity index (χ0n) is 17.2. The highest BCUT2D eigenvalue weighted by atomic mass is 32.2. The molecule has 1 fully saturated rings. The second-order valence-electron chi connectivity index (χ2n) is 6.76. The first kappa shape index (κ1) is 22.7. The minimum atomic E-state index is -3.77. The Balaban J connectivity index is 1.76. The van der Waals surface area contributed by atoms with Crippen molar-refractivity contribution in [3.8, 4) is 11.5 Å². The molecule has 164 valence electrons. The number of benzene rings is 2. The van der Waals surface area contributed by atoms with Gasteiger partial charge in [-0.1, -0.05) is 6.07 Å². The van der Waals surface area contributed by atoms with Crippen LogP contribution in [0.5, 0.6) is 11.5 Å². The number of morpholine rings is 1. The molecule has 0 atom stereocenters. The number of rotatable bonds is 7. The van der Waals surface area contributed by atoms with Gasteiger partial charge in [0.2, 0.25) is 10.0 Å². The Morgan fingerprint density at radius 1 is 1.06 bits per heavy atom. The van der Waals surface area contributed by atoms with E-state index >= 15 is 0 Å². The van der Waals surface area contributed by atoms with Gasteiger partial charge in [0.15, 0.2) is 5.78 Å². The number of Topliss-reactive ketones (excluding diaryl/α,β-unsaturated/α-hetero) is 1. The van der Waals surface area contributed by atoms with Crippen LogP contribution in [0.1, 0.15) is 22.8 Å². The Bertz CT molecular complexity index is 1090. The van der Waals surface area contributed by atoms with Crippen molar-refractivity contribution in [1.29, 1.82) is 0 Å². The molecule has 0 saturated carbocycles. The Hall–Kier alpha value is -3.01. The topological polar surface area (TPSA) is 99.2 Å². The van der Waals surface area contributed by atoms with Gasteiger partial charge in [0, 0.05) is 24.7 Å². The predicted molar refractivity (Wildman–Crippen MR) is 114 cm³/mol. The molecule has 1 heterocycles. The Labute approximate surface area is 181 Å². The van der Waals surface area contributed by atoms with Crippen molar-refractivity contribution < 1.29 is 32.2 Å². The highest BCUT2D eigenvalue weighted by molar-refractivity contribution is 7.89. The summed E-state index contributed by atoms with van der Waals surface area (Å²) in [5.41, 5.74) is 1.01. The average Bonchev–Trinajstić information content (AvgIpc) is 2.78. The standard InChI is InChI=1S/C22H23NO7S/c1-16(24)18-5-7-19(8-6-18)30-22(25)10-4-17-3-9-20(28-2)21(15-17)31(26,27)23-11-13-29-14-12-23/h3-10,15H,11-14H2,1-2H3. The number of carbonyl (C=O) groups is 2. The number of ether oxygens (including phenoxy) is 3. The lowest BCUT2D eigenvalue weighted by Gasteiger charge is -2.26. The molecule has 1 aliphatic rings. The van der Waals surface area contributed by atoms with Gasteiger partial charge in [-0.05, 0) is 55.0 Å². The van der Waals surface area contributed by atoms with Crippen LogP contribution in [-0.4, -0.2) is 57.9 Å². The van der Waals surface area contributed by atoms with E-state index in [1.807, 2.05) is 0 Å². The summed E-state index contributed by atoms with van der Waals surface area (Å²) < 4.78 is 43.1. The average molecular weight is 445 g/mol. The minimum absolute atomic E-state index is 0.0206. The van der Waals surface area contributed by atoms with E-state index in [2.05, 4.69) is 0 Å². The summed E-state index contributed by atoms with van der Waals surface area (Å²) in [7, 11) is -2.37. The number of ketones is 1. The number of sulfonamides is 1. The minimum Gasteiger partial charge on any atom is -0.495 e. The van der Waals surface area contributed by atoms with E-state index in [-0.39, 0.29) is 29.5 Å². The Morgan fingerprint density at radius 3 is 2.35 bits per heavy atom. The highest BCUT2D eigenvalue weighted by Gasteiger charge is 2.29. The molecular formula is C22H23NO7S. The Morgan fingerprint density at radius 2 is 1.74 bits per heavy atom. The molecule has 1 saturated heterocycles. The lowest BCUT2D eigenvalue weighted by molar-refractivity contribution is -0.128. The number of carbonyl (C=O) groups excluding carboxylic acids is 2. The van der Waals surface area contributed by atoms with Crippen LogP contribution in [0, 0.1) is 0 Å². The van der Waals surface area contributed by atoms with Crippen LogP contribution in [0.15, 0.2) is 53.4 Å². The molecule has 0 spiro atoms. The molecule has 0 amide bonds. The number of esters is 1. The van der Waals surface area contributed by atoms with Gasteiger partial charge >= 0.3 is 5.97 Å². The second-order valence-corrected chi connectivity index (χ2v) is 8.67. The maximum atomic E-state index is 13.0. The SMILES string of the molecule is COc1ccc(C=CC(=O)Oc2ccc(C(C)=O)cc2)cc1S(=O)(=O)N1CCOCC1. The van der Waals surface area contributed by atoms with Gasteiger partial charge in [-0.3, -0.25) is 4.79 Å². The van der Waals surface area contributed by atoms with Gasteiger partial charge in [-0.15, -0.1) is 0 Å². The zero-order chi connectivity index (χ0) is 22.4. The molecule has 0 bridgehead atoms. The van der Waals surface area contributed by atoms with Crippen molar-refractivity contribution in [3.63, 3.8) is 0 Å². The lowest BCUT2D eigenvalue weighted by Crippen LogP contribution is -2.40. The van der Waals surface area contributed by atoms with Gasteiger partial charge in [-0.25, -0.2) is 13.2 Å². The maximum Gasteiger partial charge on any atom is 0.336 e. The fourth-order valence-corrected chi connectivity index (χ4v) is 4.60. The molecule has 31 heavy (non-hydrogen) atoms. The molecule has 8 nitrogen and oxygen atoms in total. The van der Waals surface area contributed by atoms with Crippen LogP contribution >= 0.6 is 0 Å². The molecule has 3 rings (SSSR count). The van der Waals surface area contributed by atoms with Crippen molar-refractivity contribution in [2.75, 3.05) is 33.4 Å². The van der Waals surface area contributed by atoms with Crippen molar-refractivity contribution >= 4 is 27.9 Å². The lowest BCUT2D eigenvalue weighted by atomic mass is 10.1. The first-order chi connectivity index (χ1) is 14.8. The van der Waals surface area contributed by atoms with Gasteiger partial charge in [0.25, 0.3) is 0 Å². The van der Waals surface area contributed by atoms with Crippen LogP contribution in [0.2, 0.25) is 0 Å². The second kappa shape index (κ2) is 9.86. The number of hydrogen-bond donors (Lipinski definition) is 0. The molecule has 9 heteroatoms. The van der Waals surface area contributed by atoms with Crippen LogP contribution < -0.4 is 9.47 Å². The van der Waals surface area contributed by atoms with Crippen LogP contribution in [0.3, 0.4) is 0 Å². The fourth-order valence-electron chi connectivity index (χ4n) is 3.00. The van der Waals surface area contributed by atoms with Crippen LogP contribution in [0.4, 0.5) is 0 Å². The predicted octanol–water partition coefficient (Wildman–Crippen LogP) is 2.54. The third-order valence-electron chi connectivity index (χ3n) is 4.67. The molecule has 2 aromatic rings. The molecule has 0 aromatic heterocycles. The monoisotopic (exact) mass is 445 g/mol. The third kappa shape index (κ3) is 5.57. The quantitative estimate of drug-likeness (QED) is 0.279. The van der Waals surface area contributed by atoms with Gasteiger partial charge in [0.1, 0.15) is 16.4 Å². The molecule has 0 N–H and O–H groups in total. The van der Waals surface area contributed by atoms with E-state index in [9.17, 15) is 18.0 Å². The first-order valence-electron chi connectivity index (χ1n) is 9.58. The summed E-state index contributed by atoms with van der Waals surface area (Å²) in [6.07, 6.45) is 2.66. The summed E-state index contributed by atoms with van der Waals surface area (Å²) in [6.45, 7) is 2.65. The number of methoxy groups -OCH3 is 1. The summed E-state index contributed by atoms with van der Waals surface area (Å²) >= 11 is 0. The summed E-state index contributed by atoms with van der Waals surface area (Å²) in [6, 6.07) is 10.8. The van der Waals surface area contributed by atoms with Crippen molar-refractivity contribution in [3.05, 3.63) is 59.7 Å². The van der Waals surface area contributed by atoms with Gasteiger partial charge in [-0.2, -0.15) is 4.31 Å². The van der Waals surface area contributed by atoms with E-state index in [0.29, 0.717) is 30.1 Å². The molecule has 0 radical (unpaired) electrons. The molecule has 0 aliphatic carbocycles. The smallest absolute Gasteiger partial charge is 0.336 e. The molecule has 2 aromatic carbocycles. The maximum absolute atomic E-state index is 13.0. The molecular weight excluding hydrogens is 422 g/mol. The number of hydrogen-bond acceptors (Lipinski definition) is 7. The van der Waals surface area contributed by atoms with E-state index < -0.39 is 16.0 Å². The normalized spacial score (nSPS) is 15.0. The first-order valence-corrected chi connectivity index (χ1v) is 11.0. The summed E-state index contributed by atoms with van der Waals surface area (Å²) in [4.78, 5) is 23.4. The van der Waals surface area contributed by atoms with Crippen LogP contribution in [0.25, 0.3) is 6.08 Å². The van der Waals surface area contributed by atoms with Crippen LogP contribution in [-0.2, 0) is 19.6 Å². The zero-order valence-corrected chi connectivity index (χ0v) is 18.1. The highest BCUT2D eigenvalue weighted by Crippen LogP contribution is 2.29. The third-order valence-corrected chi connectivity index (χ3v) is 6.59. The van der Waals surface area contributed by atoms with Crippen molar-refractivity contribution in [1.82, 2.24) is 4.31 Å².